The fourth-order valence-electron chi connectivity index (χ4n) is 4.01. The van der Waals surface area contributed by atoms with Gasteiger partial charge in [0.25, 0.3) is 5.91 Å². The highest BCUT2D eigenvalue weighted by Gasteiger charge is 2.17. The third-order valence-corrected chi connectivity index (χ3v) is 5.42. The molecule has 0 bridgehead atoms. The van der Waals surface area contributed by atoms with E-state index in [0.717, 1.165) is 29.6 Å². The van der Waals surface area contributed by atoms with E-state index in [4.69, 9.17) is 0 Å². The number of aromatic nitrogens is 4. The third-order valence-electron chi connectivity index (χ3n) is 5.42. The van der Waals surface area contributed by atoms with Crippen molar-refractivity contribution in [3.05, 3.63) is 77.5 Å². The summed E-state index contributed by atoms with van der Waals surface area (Å²) >= 11 is 0. The van der Waals surface area contributed by atoms with Crippen molar-refractivity contribution in [3.8, 4) is 0 Å². The molecule has 0 aliphatic heterocycles. The normalized spacial score (nSPS) is 13.4. The number of para-hydroxylation sites is 1. The second-order valence-electron chi connectivity index (χ2n) is 7.25. The number of fused-ring (bicyclic) bond motifs is 3. The highest BCUT2D eigenvalue weighted by molar-refractivity contribution is 6.07. The Balaban J connectivity index is 1.43. The Morgan fingerprint density at radius 2 is 2.04 bits per heavy atom. The molecule has 1 aliphatic rings. The molecule has 2 aromatic heterocycles. The van der Waals surface area contributed by atoms with Gasteiger partial charge in [-0.15, -0.1) is 0 Å². The van der Waals surface area contributed by atoms with Gasteiger partial charge in [0.1, 0.15) is 12.7 Å². The second-order valence-corrected chi connectivity index (χ2v) is 7.25. The van der Waals surface area contributed by atoms with Crippen LogP contribution in [0.3, 0.4) is 0 Å². The smallest absolute Gasteiger partial charge is 0.255 e. The molecule has 140 valence electrons. The van der Waals surface area contributed by atoms with Crippen LogP contribution in [0.4, 0.5) is 5.69 Å². The molecule has 0 atom stereocenters. The van der Waals surface area contributed by atoms with Crippen LogP contribution in [-0.2, 0) is 19.4 Å². The number of nitrogens with one attached hydrogen (secondary N) is 2. The number of nitrogens with zero attached hydrogens (tertiary/aromatic N) is 3. The number of amides is 1. The molecule has 28 heavy (non-hydrogen) atoms. The number of carbonyl (C=O) groups excluding carboxylic acids is 1. The largest absolute Gasteiger partial charge is 0.358 e. The van der Waals surface area contributed by atoms with Crippen molar-refractivity contribution in [1.29, 1.82) is 0 Å². The Morgan fingerprint density at radius 3 is 2.93 bits per heavy atom. The van der Waals surface area contributed by atoms with Gasteiger partial charge in [0.05, 0.1) is 6.54 Å². The van der Waals surface area contributed by atoms with Crippen molar-refractivity contribution in [1.82, 2.24) is 19.7 Å². The predicted molar refractivity (Wildman–Crippen MR) is 108 cm³/mol. The van der Waals surface area contributed by atoms with Crippen molar-refractivity contribution in [2.75, 3.05) is 5.32 Å². The number of hydrogen-bond acceptors (Lipinski definition) is 3. The minimum Gasteiger partial charge on any atom is -0.358 e. The molecule has 0 saturated heterocycles. The van der Waals surface area contributed by atoms with Crippen molar-refractivity contribution >= 4 is 22.5 Å². The van der Waals surface area contributed by atoms with Crippen molar-refractivity contribution in [2.24, 2.45) is 0 Å². The van der Waals surface area contributed by atoms with Crippen LogP contribution in [0.2, 0.25) is 0 Å². The van der Waals surface area contributed by atoms with E-state index in [0.29, 0.717) is 12.1 Å². The number of aromatic amines is 1. The molecule has 0 fully saturated rings. The Bertz CT molecular complexity index is 1140. The van der Waals surface area contributed by atoms with Gasteiger partial charge < -0.3 is 10.3 Å². The zero-order valence-corrected chi connectivity index (χ0v) is 15.5. The maximum atomic E-state index is 12.9. The zero-order valence-electron chi connectivity index (χ0n) is 15.5. The Labute approximate surface area is 162 Å². The summed E-state index contributed by atoms with van der Waals surface area (Å²) in [4.78, 5) is 20.4. The molecular formula is C22H21N5O. The molecule has 0 radical (unpaired) electrons. The lowest BCUT2D eigenvalue weighted by atomic mass is 9.95. The van der Waals surface area contributed by atoms with Crippen LogP contribution < -0.4 is 5.32 Å². The van der Waals surface area contributed by atoms with Crippen LogP contribution in [0.1, 0.15) is 40.0 Å². The summed E-state index contributed by atoms with van der Waals surface area (Å²) in [5, 5.41) is 8.39. The van der Waals surface area contributed by atoms with Crippen molar-refractivity contribution < 1.29 is 4.79 Å². The van der Waals surface area contributed by atoms with E-state index in [1.54, 1.807) is 11.0 Å². The summed E-state index contributed by atoms with van der Waals surface area (Å²) in [6, 6.07) is 13.7. The standard InChI is InChI=1S/C22H21N5O/c28-22(26-19-7-3-1-5-16(19)12-27-14-23-13-24-27)15-9-10-21-18(11-15)17-6-2-4-8-20(17)25-21/h1,3,5,7,9-11,13-14,25H,2,4,6,8,12H2,(H,26,28). The van der Waals surface area contributed by atoms with Gasteiger partial charge in [-0.2, -0.15) is 5.10 Å². The summed E-state index contributed by atoms with van der Waals surface area (Å²) in [6.07, 6.45) is 7.81. The second kappa shape index (κ2) is 6.96. The first-order valence-electron chi connectivity index (χ1n) is 9.63. The van der Waals surface area contributed by atoms with Crippen LogP contribution in [0.5, 0.6) is 0 Å². The molecule has 1 amide bonds. The summed E-state index contributed by atoms with van der Waals surface area (Å²) in [5.74, 6) is -0.0984. The Hall–Kier alpha value is -3.41. The number of rotatable bonds is 4. The third kappa shape index (κ3) is 3.07. The fraction of sp³-hybridized carbons (Fsp3) is 0.227. The van der Waals surface area contributed by atoms with E-state index < -0.39 is 0 Å². The molecule has 0 spiro atoms. The lowest BCUT2D eigenvalue weighted by Crippen LogP contribution is -2.14. The van der Waals surface area contributed by atoms with E-state index in [-0.39, 0.29) is 5.91 Å². The molecule has 5 rings (SSSR count). The summed E-state index contributed by atoms with van der Waals surface area (Å²) in [6.45, 7) is 0.556. The number of anilines is 1. The van der Waals surface area contributed by atoms with Crippen LogP contribution in [0.15, 0.2) is 55.1 Å². The molecular weight excluding hydrogens is 350 g/mol. The fourth-order valence-corrected chi connectivity index (χ4v) is 4.01. The summed E-state index contributed by atoms with van der Waals surface area (Å²) < 4.78 is 1.74. The van der Waals surface area contributed by atoms with Gasteiger partial charge in [0.15, 0.2) is 0 Å². The highest BCUT2D eigenvalue weighted by atomic mass is 16.1. The topological polar surface area (TPSA) is 75.6 Å². The van der Waals surface area contributed by atoms with Gasteiger partial charge in [-0.3, -0.25) is 4.79 Å². The first-order chi connectivity index (χ1) is 13.8. The molecule has 2 aromatic carbocycles. The van der Waals surface area contributed by atoms with E-state index in [1.165, 1.54) is 35.8 Å². The average molecular weight is 371 g/mol. The minimum atomic E-state index is -0.0984. The lowest BCUT2D eigenvalue weighted by molar-refractivity contribution is 0.102. The van der Waals surface area contributed by atoms with E-state index in [1.807, 2.05) is 42.5 Å². The molecule has 6 nitrogen and oxygen atoms in total. The zero-order chi connectivity index (χ0) is 18.9. The number of carbonyl (C=O) groups is 1. The Morgan fingerprint density at radius 1 is 1.14 bits per heavy atom. The average Bonchev–Trinajstić information content (AvgIpc) is 3.36. The molecule has 0 saturated carbocycles. The maximum absolute atomic E-state index is 12.9. The lowest BCUT2D eigenvalue weighted by Gasteiger charge is -2.12. The number of hydrogen-bond donors (Lipinski definition) is 2. The van der Waals surface area contributed by atoms with Crippen LogP contribution >= 0.6 is 0 Å². The summed E-state index contributed by atoms with van der Waals surface area (Å²) in [5.41, 5.74) is 6.28. The first-order valence-corrected chi connectivity index (χ1v) is 9.63. The maximum Gasteiger partial charge on any atom is 0.255 e. The minimum absolute atomic E-state index is 0.0984. The Kier molecular flexibility index (Phi) is 4.16. The SMILES string of the molecule is O=C(Nc1ccccc1Cn1cncn1)c1ccc2[nH]c3c(c2c1)CCCC3. The summed E-state index contributed by atoms with van der Waals surface area (Å²) in [7, 11) is 0. The van der Waals surface area contributed by atoms with Crippen LogP contribution in [0.25, 0.3) is 10.9 Å². The van der Waals surface area contributed by atoms with Crippen molar-refractivity contribution in [3.63, 3.8) is 0 Å². The number of benzene rings is 2. The monoisotopic (exact) mass is 371 g/mol. The van der Waals surface area contributed by atoms with Gasteiger partial charge >= 0.3 is 0 Å². The molecule has 1 aliphatic carbocycles. The molecule has 0 unspecified atom stereocenters. The van der Waals surface area contributed by atoms with E-state index >= 15 is 0 Å². The van der Waals surface area contributed by atoms with Gasteiger partial charge in [-0.05, 0) is 61.1 Å². The number of aryl methyl sites for hydroxylation is 2. The molecule has 2 N–H and O–H groups in total. The van der Waals surface area contributed by atoms with Gasteiger partial charge in [0, 0.05) is 27.8 Å². The van der Waals surface area contributed by atoms with Crippen LogP contribution in [0, 0.1) is 0 Å². The quantitative estimate of drug-likeness (QED) is 0.570. The van der Waals surface area contributed by atoms with Crippen molar-refractivity contribution in [2.45, 2.75) is 32.2 Å². The molecule has 2 heterocycles. The molecule has 4 aromatic rings. The highest BCUT2D eigenvalue weighted by Crippen LogP contribution is 2.30. The number of H-pyrrole nitrogens is 1. The molecule has 6 heteroatoms. The predicted octanol–water partition coefficient (Wildman–Crippen LogP) is 3.94. The van der Waals surface area contributed by atoms with E-state index in [2.05, 4.69) is 20.4 Å². The van der Waals surface area contributed by atoms with Crippen LogP contribution in [-0.4, -0.2) is 25.7 Å². The van der Waals surface area contributed by atoms with Gasteiger partial charge in [0.2, 0.25) is 0 Å². The van der Waals surface area contributed by atoms with E-state index in [9.17, 15) is 4.79 Å². The van der Waals surface area contributed by atoms with Gasteiger partial charge in [-0.25, -0.2) is 9.67 Å². The first kappa shape index (κ1) is 16.7. The van der Waals surface area contributed by atoms with Gasteiger partial charge in [-0.1, -0.05) is 18.2 Å².